The molecule has 80 heavy (non-hydrogen) atoms. The molecule has 434 valence electrons. The Morgan fingerprint density at radius 2 is 1.07 bits per heavy atom. The Morgan fingerprint density at radius 1 is 0.613 bits per heavy atom. The van der Waals surface area contributed by atoms with Gasteiger partial charge in [0.1, 0.15) is 23.8 Å². The molecule has 2 aromatic carbocycles. The minimum Gasteiger partial charge on any atom is -0.445 e. The molecule has 0 fully saturated rings. The molecule has 0 spiro atoms. The number of aromatic amines is 2. The Hall–Kier alpha value is -7.88. The summed E-state index contributed by atoms with van der Waals surface area (Å²) in [5.41, 5.74) is -2.89. The third-order valence-corrected chi connectivity index (χ3v) is 12.7. The molecule has 0 aliphatic heterocycles. The van der Waals surface area contributed by atoms with Gasteiger partial charge in [0.05, 0.1) is 48.4 Å². The highest BCUT2D eigenvalue weighted by Crippen LogP contribution is 2.36. The van der Waals surface area contributed by atoms with Gasteiger partial charge in [0.15, 0.2) is 12.2 Å². The van der Waals surface area contributed by atoms with Crippen LogP contribution in [0.5, 0.6) is 0 Å². The molecule has 0 saturated heterocycles. The number of hydrogen-bond donors (Lipinski definition) is 8. The molecule has 0 saturated carbocycles. The van der Waals surface area contributed by atoms with Crippen LogP contribution in [0.1, 0.15) is 115 Å². The number of rotatable bonds is 24. The molecule has 4 amide bonds. The van der Waals surface area contributed by atoms with E-state index in [4.69, 9.17) is 18.3 Å². The molecular formula is C52H64F6N12O10. The molecule has 0 unspecified atom stereocenters. The minimum atomic E-state index is -4.75. The van der Waals surface area contributed by atoms with Crippen molar-refractivity contribution in [3.8, 4) is 22.9 Å². The largest absolute Gasteiger partial charge is 0.445 e. The van der Waals surface area contributed by atoms with E-state index >= 15 is 0 Å². The number of H-pyrrole nitrogens is 2. The Labute approximate surface area is 455 Å². The van der Waals surface area contributed by atoms with E-state index < -0.39 is 94.8 Å². The number of unbranched alkanes of at least 4 members (excludes halogenated alkanes) is 2. The number of ether oxygens (including phenoxy) is 2. The number of nitrogens with zero attached hydrogens (tertiary/aromatic N) is 6. The summed E-state index contributed by atoms with van der Waals surface area (Å²) >= 11 is 0. The number of benzene rings is 2. The maximum absolute atomic E-state index is 14.2. The number of aromatic nitrogens is 8. The fraction of sp³-hybridized carbons (Fsp3) is 0.500. The molecule has 6 atom stereocenters. The van der Waals surface area contributed by atoms with Crippen molar-refractivity contribution in [2.45, 2.75) is 155 Å². The first kappa shape index (κ1) is 61.3. The van der Waals surface area contributed by atoms with E-state index in [2.05, 4.69) is 62.1 Å². The molecule has 8 N–H and O–H groups in total. The second-order valence-electron chi connectivity index (χ2n) is 21.1. The normalized spacial score (nSPS) is 14.5. The first-order chi connectivity index (χ1) is 37.6. The number of carbonyl (C=O) groups is 4. The molecule has 4 aromatic heterocycles. The third-order valence-electron chi connectivity index (χ3n) is 12.7. The lowest BCUT2D eigenvalue weighted by Crippen LogP contribution is -2.50. The number of carbonyl (C=O) groups excluding carboxylic acids is 4. The quantitative estimate of drug-likeness (QED) is 0.0207. The fourth-order valence-corrected chi connectivity index (χ4v) is 8.03. The lowest BCUT2D eigenvalue weighted by molar-refractivity contribution is -0.138. The molecule has 0 radical (unpaired) electrons. The van der Waals surface area contributed by atoms with Crippen LogP contribution in [0.25, 0.3) is 22.9 Å². The highest BCUT2D eigenvalue weighted by Gasteiger charge is 2.37. The van der Waals surface area contributed by atoms with Gasteiger partial charge < -0.3 is 49.8 Å². The van der Waals surface area contributed by atoms with Crippen LogP contribution in [0.2, 0.25) is 0 Å². The molecule has 6 aromatic rings. The lowest BCUT2D eigenvalue weighted by atomic mass is 9.87. The second-order valence-corrected chi connectivity index (χ2v) is 21.1. The van der Waals surface area contributed by atoms with Crippen LogP contribution in [0.15, 0.2) is 75.8 Å². The zero-order valence-corrected chi connectivity index (χ0v) is 44.8. The zero-order chi connectivity index (χ0) is 58.6. The molecule has 0 bridgehead atoms. The number of alkyl carbamates (subject to hydrolysis) is 2. The lowest BCUT2D eigenvalue weighted by Gasteiger charge is -2.31. The molecule has 6 rings (SSSR count). The maximum Gasteiger partial charge on any atom is 0.416 e. The summed E-state index contributed by atoms with van der Waals surface area (Å²) in [6.45, 7) is 12.5. The van der Waals surface area contributed by atoms with E-state index in [1.165, 1.54) is 42.7 Å². The predicted molar refractivity (Wildman–Crippen MR) is 274 cm³/mol. The summed E-state index contributed by atoms with van der Waals surface area (Å²) in [5, 5.41) is 61.2. The van der Waals surface area contributed by atoms with Crippen molar-refractivity contribution in [2.75, 3.05) is 10.6 Å². The number of amides is 4. The molecular weight excluding hydrogens is 1070 g/mol. The highest BCUT2D eigenvalue weighted by atomic mass is 19.4. The van der Waals surface area contributed by atoms with Crippen LogP contribution in [0, 0.1) is 10.8 Å². The fourth-order valence-electron chi connectivity index (χ4n) is 8.03. The minimum absolute atomic E-state index is 0.0160. The predicted octanol–water partition coefficient (Wildman–Crippen LogP) is 8.98. The van der Waals surface area contributed by atoms with Crippen molar-refractivity contribution in [2.24, 2.45) is 10.8 Å². The summed E-state index contributed by atoms with van der Waals surface area (Å²) in [4.78, 5) is 53.3. The van der Waals surface area contributed by atoms with Gasteiger partial charge in [-0.25, -0.2) is 9.59 Å². The standard InChI is InChI=1S/C52H64F6N12O10/c1-8-9-13-33(41(71)43(73)63-37-21-23-59-65-37)61-47(75)78-36(50(5,6)7)27-40-68-70-46(80-40)32-20-19-31(52(56,57)58)25-29(32)12-10-11-14-34(42(72)44(74)64-38-22-24-60-66-38)62-48(76)77-35(49(2,3)4)26-39-67-69-45(79-39)28-15-17-30(18-16-28)51(53,54)55/h15-25,33-36,41-42,71-72H,8-14,26-27H2,1-7H3,(H,61,75)(H,62,76)(H2,59,63,65,73)(H2,60,64,66,74)/t33-,34-,35+,36+,41-,42+/m0/s1. The van der Waals surface area contributed by atoms with E-state index in [1.54, 1.807) is 41.5 Å². The van der Waals surface area contributed by atoms with Gasteiger partial charge in [-0.3, -0.25) is 19.8 Å². The number of aliphatic hydroxyl groups is 2. The SMILES string of the molecule is CCCC[C@H](NC(=O)O[C@H](Cc1nnc(-c2ccc(C(F)(F)F)cc2CCCC[C@H](NC(=O)O[C@H](Cc2nnc(-c3ccc(C(F)(F)F)cc3)o2)C(C)(C)C)[C@@H](O)C(=O)Nc2ccn[nH]2)o1)C(C)(C)C)[C@H](O)C(=O)Nc1ccn[nH]1. The maximum atomic E-state index is 14.2. The Bertz CT molecular complexity index is 2950. The van der Waals surface area contributed by atoms with Crippen molar-refractivity contribution in [1.82, 2.24) is 51.4 Å². The van der Waals surface area contributed by atoms with Gasteiger partial charge in [0.2, 0.25) is 23.6 Å². The second kappa shape index (κ2) is 26.4. The summed E-state index contributed by atoms with van der Waals surface area (Å²) in [5.74, 6) is -1.65. The van der Waals surface area contributed by atoms with E-state index in [0.717, 1.165) is 24.3 Å². The van der Waals surface area contributed by atoms with Crippen molar-refractivity contribution >= 4 is 35.6 Å². The van der Waals surface area contributed by atoms with Gasteiger partial charge in [-0.05, 0) is 84.5 Å². The summed E-state index contributed by atoms with van der Waals surface area (Å²) in [6.07, 6.45) is -12.8. The van der Waals surface area contributed by atoms with Crippen molar-refractivity contribution < 1.29 is 74.0 Å². The van der Waals surface area contributed by atoms with Crippen LogP contribution in [0.4, 0.5) is 47.6 Å². The molecule has 0 aliphatic carbocycles. The van der Waals surface area contributed by atoms with Crippen molar-refractivity contribution in [1.29, 1.82) is 0 Å². The first-order valence-corrected chi connectivity index (χ1v) is 25.5. The highest BCUT2D eigenvalue weighted by molar-refractivity contribution is 5.94. The molecule has 4 heterocycles. The summed E-state index contributed by atoms with van der Waals surface area (Å²) in [6, 6.07) is 7.57. The number of anilines is 2. The van der Waals surface area contributed by atoms with Gasteiger partial charge in [-0.2, -0.15) is 36.5 Å². The summed E-state index contributed by atoms with van der Waals surface area (Å²) < 4.78 is 105. The number of alkyl halides is 6. The average Bonchev–Trinajstić information content (AvgIpc) is 4.25. The average molecular weight is 1130 g/mol. The number of nitrogens with one attached hydrogen (secondary N) is 6. The van der Waals surface area contributed by atoms with Crippen LogP contribution < -0.4 is 21.3 Å². The third kappa shape index (κ3) is 17.6. The topological polar surface area (TPSA) is 311 Å². The van der Waals surface area contributed by atoms with E-state index in [9.17, 15) is 55.7 Å². The van der Waals surface area contributed by atoms with E-state index in [-0.39, 0.29) is 96.8 Å². The van der Waals surface area contributed by atoms with Crippen LogP contribution in [0.3, 0.4) is 0 Å². The molecule has 22 nitrogen and oxygen atoms in total. The molecule has 28 heteroatoms. The van der Waals surface area contributed by atoms with Crippen LogP contribution in [-0.2, 0) is 50.7 Å². The summed E-state index contributed by atoms with van der Waals surface area (Å²) in [7, 11) is 0. The van der Waals surface area contributed by atoms with Gasteiger partial charge in [-0.15, -0.1) is 20.4 Å². The van der Waals surface area contributed by atoms with Crippen LogP contribution >= 0.6 is 0 Å². The zero-order valence-electron chi connectivity index (χ0n) is 44.8. The Morgan fingerprint density at radius 3 is 1.52 bits per heavy atom. The first-order valence-electron chi connectivity index (χ1n) is 25.5. The van der Waals surface area contributed by atoms with Gasteiger partial charge in [0.25, 0.3) is 11.8 Å². The monoisotopic (exact) mass is 1130 g/mol. The van der Waals surface area contributed by atoms with E-state index in [1.807, 2.05) is 6.92 Å². The van der Waals surface area contributed by atoms with Gasteiger partial charge in [0, 0.05) is 23.3 Å². The van der Waals surface area contributed by atoms with Gasteiger partial charge >= 0.3 is 24.5 Å². The Kier molecular flexibility index (Phi) is 20.2. The Balaban J connectivity index is 1.14. The number of aryl methyl sites for hydroxylation is 1. The number of hydrogen-bond acceptors (Lipinski definition) is 16. The number of halogens is 6. The van der Waals surface area contributed by atoms with Crippen molar-refractivity contribution in [3.05, 3.63) is 95.5 Å². The number of aliphatic hydroxyl groups excluding tert-OH is 2. The smallest absolute Gasteiger partial charge is 0.416 e. The van der Waals surface area contributed by atoms with Crippen LogP contribution in [-0.4, -0.2) is 112 Å². The van der Waals surface area contributed by atoms with E-state index in [0.29, 0.717) is 12.8 Å². The van der Waals surface area contributed by atoms with Crippen molar-refractivity contribution in [3.63, 3.8) is 0 Å². The molecule has 0 aliphatic rings. The van der Waals surface area contributed by atoms with Gasteiger partial charge in [-0.1, -0.05) is 67.7 Å².